The number of aromatic nitrogens is 2. The van der Waals surface area contributed by atoms with Crippen molar-refractivity contribution in [1.82, 2.24) is 9.97 Å². The number of anilines is 1. The molecule has 0 N–H and O–H groups in total. The molecular formula is C23H30FN3O3S. The predicted molar refractivity (Wildman–Crippen MR) is 117 cm³/mol. The zero-order valence-corrected chi connectivity index (χ0v) is 18.9. The maximum Gasteiger partial charge on any atom is 0.225 e. The molecule has 0 radical (unpaired) electrons. The summed E-state index contributed by atoms with van der Waals surface area (Å²) in [7, 11) is -3.40. The lowest BCUT2D eigenvalue weighted by atomic mass is 9.91. The van der Waals surface area contributed by atoms with Crippen LogP contribution in [0.3, 0.4) is 0 Å². The molecule has 1 aliphatic carbocycles. The number of aryl methyl sites for hydroxylation is 1. The van der Waals surface area contributed by atoms with Crippen molar-refractivity contribution in [2.75, 3.05) is 30.9 Å². The van der Waals surface area contributed by atoms with Gasteiger partial charge in [0.15, 0.2) is 9.84 Å². The van der Waals surface area contributed by atoms with Gasteiger partial charge in [-0.25, -0.2) is 22.8 Å². The molecule has 168 valence electrons. The van der Waals surface area contributed by atoms with Crippen molar-refractivity contribution in [1.29, 1.82) is 0 Å². The van der Waals surface area contributed by atoms with Gasteiger partial charge in [0.25, 0.3) is 0 Å². The molecule has 2 heterocycles. The number of ether oxygens (including phenoxy) is 1. The molecule has 0 bridgehead atoms. The summed E-state index contributed by atoms with van der Waals surface area (Å²) >= 11 is 0. The highest BCUT2D eigenvalue weighted by Crippen LogP contribution is 2.48. The fourth-order valence-corrected chi connectivity index (χ4v) is 5.09. The van der Waals surface area contributed by atoms with Gasteiger partial charge in [0.2, 0.25) is 5.95 Å². The average molecular weight is 448 g/mol. The van der Waals surface area contributed by atoms with Gasteiger partial charge in [0.1, 0.15) is 5.82 Å². The van der Waals surface area contributed by atoms with Crippen molar-refractivity contribution in [2.24, 2.45) is 17.8 Å². The fraction of sp³-hybridized carbons (Fsp3) is 0.565. The zero-order chi connectivity index (χ0) is 22.0. The van der Waals surface area contributed by atoms with E-state index in [1.54, 1.807) is 0 Å². The van der Waals surface area contributed by atoms with Crippen molar-refractivity contribution >= 4 is 15.8 Å². The minimum absolute atomic E-state index is 0.00550. The number of nitrogens with zero attached hydrogens (tertiary/aromatic N) is 3. The number of rotatable bonds is 8. The Morgan fingerprint density at radius 1 is 1.19 bits per heavy atom. The Kier molecular flexibility index (Phi) is 6.57. The van der Waals surface area contributed by atoms with Crippen molar-refractivity contribution in [3.63, 3.8) is 0 Å². The van der Waals surface area contributed by atoms with E-state index in [1.165, 1.54) is 18.6 Å². The first-order valence-corrected chi connectivity index (χ1v) is 12.9. The molecule has 6 nitrogen and oxygen atoms in total. The normalized spacial score (nSPS) is 22.0. The third-order valence-electron chi connectivity index (χ3n) is 6.55. The third-order valence-corrected chi connectivity index (χ3v) is 7.66. The van der Waals surface area contributed by atoms with Crippen molar-refractivity contribution in [2.45, 2.75) is 44.1 Å². The molecule has 31 heavy (non-hydrogen) atoms. The Morgan fingerprint density at radius 2 is 1.90 bits per heavy atom. The maximum absolute atomic E-state index is 14.1. The van der Waals surface area contributed by atoms with Crippen LogP contribution >= 0.6 is 0 Å². The first kappa shape index (κ1) is 22.1. The van der Waals surface area contributed by atoms with E-state index in [2.05, 4.69) is 21.8 Å². The van der Waals surface area contributed by atoms with Crippen LogP contribution in [0.1, 0.15) is 37.3 Å². The molecule has 1 aliphatic heterocycles. The number of benzene rings is 1. The standard InChI is InChI=1S/C23H30FN3O3S/c1-3-16-12-25-23(26-13-16)27-8-6-17(7-9-27)21-10-19(21)15-30-14-18-4-5-20(11-22(18)24)31(2,28)29/h4-5,11-13,17,19,21H,3,6-10,14-15H2,1-2H3/t19-,21-/m1/s1. The Labute approximate surface area is 183 Å². The molecule has 4 rings (SSSR count). The third kappa shape index (κ3) is 5.41. The highest BCUT2D eigenvalue weighted by molar-refractivity contribution is 7.90. The topological polar surface area (TPSA) is 72.4 Å². The van der Waals surface area contributed by atoms with Gasteiger partial charge < -0.3 is 9.64 Å². The molecule has 1 aromatic carbocycles. The number of hydrogen-bond donors (Lipinski definition) is 0. The van der Waals surface area contributed by atoms with Gasteiger partial charge in [-0.1, -0.05) is 13.0 Å². The number of hydrogen-bond acceptors (Lipinski definition) is 6. The van der Waals surface area contributed by atoms with E-state index in [0.29, 0.717) is 29.9 Å². The van der Waals surface area contributed by atoms with Crippen LogP contribution in [-0.4, -0.2) is 44.3 Å². The minimum Gasteiger partial charge on any atom is -0.376 e. The highest BCUT2D eigenvalue weighted by atomic mass is 32.2. The summed E-state index contributed by atoms with van der Waals surface area (Å²) in [4.78, 5) is 11.3. The molecular weight excluding hydrogens is 417 g/mol. The van der Waals surface area contributed by atoms with E-state index >= 15 is 0 Å². The van der Waals surface area contributed by atoms with Crippen LogP contribution in [-0.2, 0) is 27.6 Å². The Morgan fingerprint density at radius 3 is 2.52 bits per heavy atom. The second kappa shape index (κ2) is 9.20. The fourth-order valence-electron chi connectivity index (χ4n) is 4.46. The smallest absolute Gasteiger partial charge is 0.225 e. The van der Waals surface area contributed by atoms with Gasteiger partial charge in [-0.3, -0.25) is 0 Å². The van der Waals surface area contributed by atoms with E-state index in [9.17, 15) is 12.8 Å². The predicted octanol–water partition coefficient (Wildman–Crippen LogP) is 3.65. The lowest BCUT2D eigenvalue weighted by Crippen LogP contribution is -2.35. The van der Waals surface area contributed by atoms with Gasteiger partial charge in [-0.15, -0.1) is 0 Å². The van der Waals surface area contributed by atoms with Crippen LogP contribution in [0.4, 0.5) is 10.3 Å². The molecule has 1 saturated carbocycles. The second-order valence-corrected chi connectivity index (χ2v) is 10.8. The largest absolute Gasteiger partial charge is 0.376 e. The monoisotopic (exact) mass is 447 g/mol. The first-order chi connectivity index (χ1) is 14.8. The van der Waals surface area contributed by atoms with Crippen LogP contribution in [0.15, 0.2) is 35.5 Å². The van der Waals surface area contributed by atoms with Gasteiger partial charge in [-0.2, -0.15) is 0 Å². The van der Waals surface area contributed by atoms with Gasteiger partial charge in [0, 0.05) is 37.3 Å². The van der Waals surface area contributed by atoms with Crippen LogP contribution in [0.2, 0.25) is 0 Å². The lowest BCUT2D eigenvalue weighted by molar-refractivity contribution is 0.102. The Bertz CT molecular complexity index is 1010. The van der Waals surface area contributed by atoms with Crippen LogP contribution in [0.5, 0.6) is 0 Å². The molecule has 1 saturated heterocycles. The first-order valence-electron chi connectivity index (χ1n) is 11.0. The Balaban J connectivity index is 1.20. The van der Waals surface area contributed by atoms with Gasteiger partial charge >= 0.3 is 0 Å². The summed E-state index contributed by atoms with van der Waals surface area (Å²) in [6.45, 7) is 4.86. The molecule has 8 heteroatoms. The quantitative estimate of drug-likeness (QED) is 0.615. The highest BCUT2D eigenvalue weighted by Gasteiger charge is 2.43. The summed E-state index contributed by atoms with van der Waals surface area (Å²) in [6, 6.07) is 4.01. The van der Waals surface area contributed by atoms with E-state index in [-0.39, 0.29) is 11.5 Å². The Hall–Kier alpha value is -2.06. The molecule has 0 unspecified atom stereocenters. The zero-order valence-electron chi connectivity index (χ0n) is 18.1. The average Bonchev–Trinajstić information content (AvgIpc) is 3.54. The number of sulfone groups is 1. The molecule has 0 amide bonds. The summed E-state index contributed by atoms with van der Waals surface area (Å²) in [5.74, 6) is 2.22. The molecule has 2 atom stereocenters. The summed E-state index contributed by atoms with van der Waals surface area (Å²) in [5.41, 5.74) is 1.55. The molecule has 1 aromatic heterocycles. The van der Waals surface area contributed by atoms with Gasteiger partial charge in [-0.05, 0) is 61.1 Å². The van der Waals surface area contributed by atoms with Crippen molar-refractivity contribution < 1.29 is 17.5 Å². The maximum atomic E-state index is 14.1. The number of piperidine rings is 1. The van der Waals surface area contributed by atoms with E-state index in [1.807, 2.05) is 12.4 Å². The van der Waals surface area contributed by atoms with E-state index in [4.69, 9.17) is 4.74 Å². The molecule has 2 aliphatic rings. The van der Waals surface area contributed by atoms with E-state index < -0.39 is 15.7 Å². The number of halogens is 1. The van der Waals surface area contributed by atoms with Crippen LogP contribution in [0, 0.1) is 23.6 Å². The molecule has 2 aromatic rings. The molecule has 2 fully saturated rings. The second-order valence-electron chi connectivity index (χ2n) is 8.77. The summed E-state index contributed by atoms with van der Waals surface area (Å²) in [5, 5.41) is 0. The lowest BCUT2D eigenvalue weighted by Gasteiger charge is -2.32. The van der Waals surface area contributed by atoms with Gasteiger partial charge in [0.05, 0.1) is 18.1 Å². The van der Waals surface area contributed by atoms with Crippen LogP contribution in [0.25, 0.3) is 0 Å². The summed E-state index contributed by atoms with van der Waals surface area (Å²) in [6.07, 6.45) is 9.31. The van der Waals surface area contributed by atoms with Crippen LogP contribution < -0.4 is 4.90 Å². The van der Waals surface area contributed by atoms with Crippen molar-refractivity contribution in [3.05, 3.63) is 47.5 Å². The SMILES string of the molecule is CCc1cnc(N2CCC([C@H]3C[C@@H]3COCc3ccc(S(C)(=O)=O)cc3F)CC2)nc1. The van der Waals surface area contributed by atoms with E-state index in [0.717, 1.165) is 56.2 Å². The molecule has 0 spiro atoms. The summed E-state index contributed by atoms with van der Waals surface area (Å²) < 4.78 is 42.9. The van der Waals surface area contributed by atoms with Crippen molar-refractivity contribution in [3.8, 4) is 0 Å². The minimum atomic E-state index is -3.40.